The topological polar surface area (TPSA) is 38.0 Å². The Kier molecular flexibility index (Phi) is 1.68. The lowest BCUT2D eigenvalue weighted by Crippen LogP contribution is -2.19. The molecule has 1 heterocycles. The van der Waals surface area contributed by atoms with Gasteiger partial charge in [-0.05, 0) is 12.8 Å². The summed E-state index contributed by atoms with van der Waals surface area (Å²) in [4.78, 5) is 0. The molecule has 0 amide bonds. The van der Waals surface area contributed by atoms with Crippen molar-refractivity contribution in [3.63, 3.8) is 0 Å². The molecular weight excluding hydrogens is 152 g/mol. The van der Waals surface area contributed by atoms with Crippen LogP contribution in [0.3, 0.4) is 0 Å². The summed E-state index contributed by atoms with van der Waals surface area (Å²) in [6.45, 7) is 0. The van der Waals surface area contributed by atoms with Gasteiger partial charge in [0.2, 0.25) is 0 Å². The van der Waals surface area contributed by atoms with Crippen molar-refractivity contribution in [2.24, 2.45) is 7.05 Å². The Bertz CT molecular complexity index is 274. The first-order valence-electron chi connectivity index (χ1n) is 4.42. The van der Waals surface area contributed by atoms with E-state index in [2.05, 4.69) is 5.10 Å². The van der Waals surface area contributed by atoms with Crippen LogP contribution < -0.4 is 0 Å². The van der Waals surface area contributed by atoms with Crippen LogP contribution >= 0.6 is 0 Å². The first-order chi connectivity index (χ1) is 5.71. The van der Waals surface area contributed by atoms with Crippen molar-refractivity contribution in [3.05, 3.63) is 18.0 Å². The minimum Gasteiger partial charge on any atom is -0.385 e. The molecule has 0 atom stereocenters. The van der Waals surface area contributed by atoms with E-state index in [0.717, 1.165) is 31.2 Å². The van der Waals surface area contributed by atoms with Crippen molar-refractivity contribution in [1.82, 2.24) is 9.78 Å². The van der Waals surface area contributed by atoms with Gasteiger partial charge in [-0.15, -0.1) is 0 Å². The average Bonchev–Trinajstić information content (AvgIpc) is 2.59. The minimum atomic E-state index is -0.575. The molecule has 3 nitrogen and oxygen atoms in total. The number of rotatable bonds is 1. The van der Waals surface area contributed by atoms with E-state index in [1.54, 1.807) is 10.9 Å². The summed E-state index contributed by atoms with van der Waals surface area (Å²) >= 11 is 0. The van der Waals surface area contributed by atoms with Gasteiger partial charge in [0.25, 0.3) is 0 Å². The summed E-state index contributed by atoms with van der Waals surface area (Å²) in [5.74, 6) is 0. The Morgan fingerprint density at radius 3 is 2.67 bits per heavy atom. The van der Waals surface area contributed by atoms with Gasteiger partial charge < -0.3 is 5.11 Å². The summed E-state index contributed by atoms with van der Waals surface area (Å²) in [5.41, 5.74) is 0.399. The van der Waals surface area contributed by atoms with E-state index in [-0.39, 0.29) is 0 Å². The maximum atomic E-state index is 10.1. The Labute approximate surface area is 72.0 Å². The number of aromatic nitrogens is 2. The Morgan fingerprint density at radius 2 is 2.17 bits per heavy atom. The highest BCUT2D eigenvalue weighted by atomic mass is 16.3. The van der Waals surface area contributed by atoms with Gasteiger partial charge in [-0.3, -0.25) is 4.68 Å². The molecule has 66 valence electrons. The molecule has 0 radical (unpaired) electrons. The normalized spacial score (nSPS) is 21.5. The summed E-state index contributed by atoms with van der Waals surface area (Å²) in [5, 5.41) is 14.2. The number of aliphatic hydroxyl groups is 1. The molecule has 1 fully saturated rings. The third-order valence-electron chi connectivity index (χ3n) is 2.67. The molecule has 12 heavy (non-hydrogen) atoms. The molecule has 2 rings (SSSR count). The molecule has 0 saturated heterocycles. The summed E-state index contributed by atoms with van der Waals surface area (Å²) in [6.07, 6.45) is 7.71. The molecule has 1 N–H and O–H groups in total. The molecule has 1 aromatic rings. The fourth-order valence-electron chi connectivity index (χ4n) is 1.91. The average molecular weight is 166 g/mol. The number of nitrogens with zero attached hydrogens (tertiary/aromatic N) is 2. The monoisotopic (exact) mass is 166 g/mol. The molecule has 3 heteroatoms. The highest BCUT2D eigenvalue weighted by Gasteiger charge is 2.33. The number of hydrogen-bond acceptors (Lipinski definition) is 2. The smallest absolute Gasteiger partial charge is 0.0926 e. The van der Waals surface area contributed by atoms with E-state index >= 15 is 0 Å². The van der Waals surface area contributed by atoms with Crippen LogP contribution in [0, 0.1) is 0 Å². The van der Waals surface area contributed by atoms with Gasteiger partial charge in [0.05, 0.1) is 11.8 Å². The zero-order valence-electron chi connectivity index (χ0n) is 7.32. The molecule has 0 bridgehead atoms. The molecule has 0 spiro atoms. The van der Waals surface area contributed by atoms with Crippen molar-refractivity contribution in [1.29, 1.82) is 0 Å². The van der Waals surface area contributed by atoms with Crippen LogP contribution in [0.1, 0.15) is 31.2 Å². The summed E-state index contributed by atoms with van der Waals surface area (Å²) in [6, 6.07) is 0. The minimum absolute atomic E-state index is 0.575. The molecular formula is C9H14N2O. The van der Waals surface area contributed by atoms with Gasteiger partial charge in [-0.2, -0.15) is 5.10 Å². The Balaban J connectivity index is 2.28. The number of aryl methyl sites for hydroxylation is 1. The van der Waals surface area contributed by atoms with E-state index in [1.807, 2.05) is 13.2 Å². The van der Waals surface area contributed by atoms with Crippen molar-refractivity contribution in [2.45, 2.75) is 31.3 Å². The SMILES string of the molecule is Cn1cc(C2(O)CCCC2)cn1. The van der Waals surface area contributed by atoms with Crippen LogP contribution in [0.15, 0.2) is 12.4 Å². The lowest BCUT2D eigenvalue weighted by molar-refractivity contribution is 0.0444. The van der Waals surface area contributed by atoms with E-state index in [9.17, 15) is 5.11 Å². The maximum absolute atomic E-state index is 10.1. The van der Waals surface area contributed by atoms with Gasteiger partial charge in [0, 0.05) is 18.8 Å². The van der Waals surface area contributed by atoms with Crippen LogP contribution in [-0.4, -0.2) is 14.9 Å². The predicted molar refractivity (Wildman–Crippen MR) is 45.6 cm³/mol. The highest BCUT2D eigenvalue weighted by Crippen LogP contribution is 2.37. The molecule has 1 aliphatic rings. The number of hydrogen-bond donors (Lipinski definition) is 1. The standard InChI is InChI=1S/C9H14N2O/c1-11-7-8(6-10-11)9(12)4-2-3-5-9/h6-7,12H,2-5H2,1H3. The first kappa shape index (κ1) is 7.80. The fourth-order valence-corrected chi connectivity index (χ4v) is 1.91. The van der Waals surface area contributed by atoms with E-state index in [1.165, 1.54) is 0 Å². The third-order valence-corrected chi connectivity index (χ3v) is 2.67. The first-order valence-corrected chi connectivity index (χ1v) is 4.42. The summed E-state index contributed by atoms with van der Waals surface area (Å²) < 4.78 is 1.74. The zero-order valence-corrected chi connectivity index (χ0v) is 7.32. The van der Waals surface area contributed by atoms with Gasteiger partial charge in [0.15, 0.2) is 0 Å². The van der Waals surface area contributed by atoms with Gasteiger partial charge in [-0.1, -0.05) is 12.8 Å². The second-order valence-corrected chi connectivity index (χ2v) is 3.64. The second-order valence-electron chi connectivity index (χ2n) is 3.64. The van der Waals surface area contributed by atoms with Crippen LogP contribution in [-0.2, 0) is 12.6 Å². The Morgan fingerprint density at radius 1 is 1.50 bits per heavy atom. The zero-order chi connectivity index (χ0) is 8.60. The van der Waals surface area contributed by atoms with Crippen LogP contribution in [0.25, 0.3) is 0 Å². The molecule has 0 aromatic carbocycles. The quantitative estimate of drug-likeness (QED) is 0.680. The van der Waals surface area contributed by atoms with E-state index in [4.69, 9.17) is 0 Å². The molecule has 1 aromatic heterocycles. The largest absolute Gasteiger partial charge is 0.385 e. The lowest BCUT2D eigenvalue weighted by Gasteiger charge is -2.19. The van der Waals surface area contributed by atoms with Crippen molar-refractivity contribution in [3.8, 4) is 0 Å². The van der Waals surface area contributed by atoms with Gasteiger partial charge in [0.1, 0.15) is 0 Å². The second kappa shape index (κ2) is 2.59. The third kappa shape index (κ3) is 1.14. The van der Waals surface area contributed by atoms with Gasteiger partial charge >= 0.3 is 0 Å². The molecule has 1 aliphatic carbocycles. The molecule has 0 unspecified atom stereocenters. The summed E-state index contributed by atoms with van der Waals surface area (Å²) in [7, 11) is 1.88. The predicted octanol–water partition coefficient (Wildman–Crippen LogP) is 1.18. The van der Waals surface area contributed by atoms with Crippen LogP contribution in [0.5, 0.6) is 0 Å². The van der Waals surface area contributed by atoms with Crippen molar-refractivity contribution < 1.29 is 5.11 Å². The lowest BCUT2D eigenvalue weighted by atomic mass is 9.96. The van der Waals surface area contributed by atoms with Crippen LogP contribution in [0.4, 0.5) is 0 Å². The Hall–Kier alpha value is -0.830. The molecule has 1 saturated carbocycles. The molecule has 0 aliphatic heterocycles. The van der Waals surface area contributed by atoms with E-state index in [0.29, 0.717) is 0 Å². The van der Waals surface area contributed by atoms with Crippen LogP contribution in [0.2, 0.25) is 0 Å². The van der Waals surface area contributed by atoms with Crippen molar-refractivity contribution in [2.75, 3.05) is 0 Å². The highest BCUT2D eigenvalue weighted by molar-refractivity contribution is 5.16. The maximum Gasteiger partial charge on any atom is 0.0926 e. The van der Waals surface area contributed by atoms with Crippen molar-refractivity contribution >= 4 is 0 Å². The van der Waals surface area contributed by atoms with E-state index < -0.39 is 5.60 Å². The van der Waals surface area contributed by atoms with Gasteiger partial charge in [-0.25, -0.2) is 0 Å². The fraction of sp³-hybridized carbons (Fsp3) is 0.667.